The Morgan fingerprint density at radius 3 is 1.81 bits per heavy atom. The van der Waals surface area contributed by atoms with Crippen molar-refractivity contribution in [2.45, 2.75) is 59.7 Å². The van der Waals surface area contributed by atoms with Crippen LogP contribution in [0, 0.1) is 5.92 Å². The summed E-state index contributed by atoms with van der Waals surface area (Å²) < 4.78 is 0. The standard InChI is InChI=1S/C13H26N2O/c1-9(2)13(16)14-7-11(5)15(10(3)4)12(6)8-14/h9-12H,7-8H2,1-6H3/t11-,12+. The number of amides is 1. The molecule has 1 aliphatic rings. The summed E-state index contributed by atoms with van der Waals surface area (Å²) in [5.41, 5.74) is 0. The number of rotatable bonds is 2. The van der Waals surface area contributed by atoms with Gasteiger partial charge in [0.05, 0.1) is 0 Å². The molecule has 94 valence electrons. The highest BCUT2D eigenvalue weighted by molar-refractivity contribution is 5.78. The molecule has 1 heterocycles. The maximum atomic E-state index is 12.0. The van der Waals surface area contributed by atoms with Gasteiger partial charge < -0.3 is 4.90 Å². The first-order chi connectivity index (χ1) is 7.34. The number of hydrogen-bond donors (Lipinski definition) is 0. The average molecular weight is 226 g/mol. The third-order valence-corrected chi connectivity index (χ3v) is 3.39. The van der Waals surface area contributed by atoms with Crippen LogP contribution in [0.25, 0.3) is 0 Å². The van der Waals surface area contributed by atoms with Crippen LogP contribution in [0.3, 0.4) is 0 Å². The maximum absolute atomic E-state index is 12.0. The highest BCUT2D eigenvalue weighted by Gasteiger charge is 2.33. The van der Waals surface area contributed by atoms with Gasteiger partial charge in [0.1, 0.15) is 0 Å². The van der Waals surface area contributed by atoms with Crippen LogP contribution >= 0.6 is 0 Å². The van der Waals surface area contributed by atoms with Crippen LogP contribution in [-0.2, 0) is 4.79 Å². The zero-order chi connectivity index (χ0) is 12.5. The summed E-state index contributed by atoms with van der Waals surface area (Å²) in [6, 6.07) is 1.49. The quantitative estimate of drug-likeness (QED) is 0.719. The van der Waals surface area contributed by atoms with Crippen molar-refractivity contribution in [3.05, 3.63) is 0 Å². The molecule has 1 saturated heterocycles. The van der Waals surface area contributed by atoms with E-state index in [-0.39, 0.29) is 5.92 Å². The Kier molecular flexibility index (Phi) is 4.36. The summed E-state index contributed by atoms with van der Waals surface area (Å²) in [7, 11) is 0. The van der Waals surface area contributed by atoms with Crippen molar-refractivity contribution in [2.24, 2.45) is 5.92 Å². The van der Waals surface area contributed by atoms with Gasteiger partial charge in [-0.3, -0.25) is 9.69 Å². The van der Waals surface area contributed by atoms with Crippen LogP contribution in [0.2, 0.25) is 0 Å². The molecule has 0 aromatic carbocycles. The lowest BCUT2D eigenvalue weighted by Crippen LogP contribution is -2.60. The largest absolute Gasteiger partial charge is 0.339 e. The molecule has 0 saturated carbocycles. The SMILES string of the molecule is CC(C)C(=O)N1C[C@@H](C)N(C(C)C)[C@@H](C)C1. The molecule has 0 spiro atoms. The van der Waals surface area contributed by atoms with E-state index in [9.17, 15) is 4.79 Å². The summed E-state index contributed by atoms with van der Waals surface area (Å²) in [5, 5.41) is 0. The van der Waals surface area contributed by atoms with Crippen LogP contribution in [0.4, 0.5) is 0 Å². The fourth-order valence-corrected chi connectivity index (χ4v) is 2.90. The summed E-state index contributed by atoms with van der Waals surface area (Å²) in [6.45, 7) is 14.6. The molecule has 0 aliphatic carbocycles. The minimum absolute atomic E-state index is 0.116. The summed E-state index contributed by atoms with van der Waals surface area (Å²) >= 11 is 0. The molecule has 1 rings (SSSR count). The number of hydrogen-bond acceptors (Lipinski definition) is 2. The van der Waals surface area contributed by atoms with E-state index in [1.54, 1.807) is 0 Å². The van der Waals surface area contributed by atoms with Crippen LogP contribution in [-0.4, -0.2) is 46.9 Å². The molecule has 0 radical (unpaired) electrons. The molecule has 1 fully saturated rings. The predicted octanol–water partition coefficient (Wildman–Crippen LogP) is 1.97. The fraction of sp³-hybridized carbons (Fsp3) is 0.923. The molecule has 1 aliphatic heterocycles. The second kappa shape index (κ2) is 5.17. The first kappa shape index (κ1) is 13.5. The number of carbonyl (C=O) groups excluding carboxylic acids is 1. The third kappa shape index (κ3) is 2.76. The van der Waals surface area contributed by atoms with E-state index in [1.807, 2.05) is 18.7 Å². The monoisotopic (exact) mass is 226 g/mol. The summed E-state index contributed by atoms with van der Waals surface area (Å²) in [5.74, 6) is 0.409. The van der Waals surface area contributed by atoms with Gasteiger partial charge in [-0.25, -0.2) is 0 Å². The van der Waals surface area contributed by atoms with Gasteiger partial charge in [-0.2, -0.15) is 0 Å². The summed E-state index contributed by atoms with van der Waals surface area (Å²) in [6.07, 6.45) is 0. The highest BCUT2D eigenvalue weighted by Crippen LogP contribution is 2.19. The molecular formula is C13H26N2O. The Hall–Kier alpha value is -0.570. The van der Waals surface area contributed by atoms with Gasteiger partial charge in [-0.15, -0.1) is 0 Å². The van der Waals surface area contributed by atoms with E-state index in [1.165, 1.54) is 0 Å². The molecule has 0 bridgehead atoms. The Labute approximate surface area is 99.8 Å². The van der Waals surface area contributed by atoms with Crippen molar-refractivity contribution in [1.29, 1.82) is 0 Å². The molecule has 3 heteroatoms. The molecule has 0 unspecified atom stereocenters. The molecule has 1 amide bonds. The second-order valence-corrected chi connectivity index (χ2v) is 5.64. The summed E-state index contributed by atoms with van der Waals surface area (Å²) in [4.78, 5) is 16.5. The fourth-order valence-electron chi connectivity index (χ4n) is 2.90. The van der Waals surface area contributed by atoms with E-state index < -0.39 is 0 Å². The zero-order valence-electron chi connectivity index (χ0n) is 11.5. The Bertz CT molecular complexity index is 238. The maximum Gasteiger partial charge on any atom is 0.225 e. The average Bonchev–Trinajstić information content (AvgIpc) is 2.14. The van der Waals surface area contributed by atoms with Crippen molar-refractivity contribution in [3.8, 4) is 0 Å². The Morgan fingerprint density at radius 1 is 1.06 bits per heavy atom. The van der Waals surface area contributed by atoms with Gasteiger partial charge in [-0.05, 0) is 27.7 Å². The van der Waals surface area contributed by atoms with Crippen LogP contribution in [0.15, 0.2) is 0 Å². The van der Waals surface area contributed by atoms with Crippen molar-refractivity contribution in [3.63, 3.8) is 0 Å². The lowest BCUT2D eigenvalue weighted by Gasteiger charge is -2.47. The van der Waals surface area contributed by atoms with Crippen molar-refractivity contribution >= 4 is 5.91 Å². The highest BCUT2D eigenvalue weighted by atomic mass is 16.2. The topological polar surface area (TPSA) is 23.6 Å². The van der Waals surface area contributed by atoms with Crippen molar-refractivity contribution in [1.82, 2.24) is 9.80 Å². The van der Waals surface area contributed by atoms with E-state index in [2.05, 4.69) is 32.6 Å². The molecule has 0 aromatic rings. The lowest BCUT2D eigenvalue weighted by atomic mass is 10.0. The first-order valence-electron chi connectivity index (χ1n) is 6.40. The van der Waals surface area contributed by atoms with E-state index in [0.717, 1.165) is 13.1 Å². The van der Waals surface area contributed by atoms with Crippen LogP contribution < -0.4 is 0 Å². The first-order valence-corrected chi connectivity index (χ1v) is 6.40. The van der Waals surface area contributed by atoms with E-state index in [4.69, 9.17) is 0 Å². The van der Waals surface area contributed by atoms with E-state index in [0.29, 0.717) is 24.0 Å². The van der Waals surface area contributed by atoms with Crippen molar-refractivity contribution in [2.75, 3.05) is 13.1 Å². The molecular weight excluding hydrogens is 200 g/mol. The Balaban J connectivity index is 2.69. The number of nitrogens with zero attached hydrogens (tertiary/aromatic N) is 2. The Morgan fingerprint density at radius 2 is 1.50 bits per heavy atom. The molecule has 0 aromatic heterocycles. The minimum atomic E-state index is 0.116. The molecule has 2 atom stereocenters. The zero-order valence-corrected chi connectivity index (χ0v) is 11.5. The van der Waals surface area contributed by atoms with Crippen LogP contribution in [0.1, 0.15) is 41.5 Å². The third-order valence-electron chi connectivity index (χ3n) is 3.39. The number of carbonyl (C=O) groups is 1. The van der Waals surface area contributed by atoms with Gasteiger partial charge in [0, 0.05) is 37.1 Å². The predicted molar refractivity (Wildman–Crippen MR) is 67.3 cm³/mol. The number of piperazine rings is 1. The van der Waals surface area contributed by atoms with Gasteiger partial charge in [0.25, 0.3) is 0 Å². The molecule has 0 N–H and O–H groups in total. The van der Waals surface area contributed by atoms with Gasteiger partial charge >= 0.3 is 0 Å². The van der Waals surface area contributed by atoms with Gasteiger partial charge in [-0.1, -0.05) is 13.8 Å². The van der Waals surface area contributed by atoms with Crippen molar-refractivity contribution < 1.29 is 4.79 Å². The van der Waals surface area contributed by atoms with E-state index >= 15 is 0 Å². The van der Waals surface area contributed by atoms with Crippen LogP contribution in [0.5, 0.6) is 0 Å². The minimum Gasteiger partial charge on any atom is -0.339 e. The molecule has 3 nitrogen and oxygen atoms in total. The normalized spacial score (nSPS) is 27.9. The second-order valence-electron chi connectivity index (χ2n) is 5.64. The lowest BCUT2D eigenvalue weighted by molar-refractivity contribution is -0.139. The smallest absolute Gasteiger partial charge is 0.225 e. The molecule has 16 heavy (non-hydrogen) atoms. The van der Waals surface area contributed by atoms with Gasteiger partial charge in [0.2, 0.25) is 5.91 Å². The van der Waals surface area contributed by atoms with Gasteiger partial charge in [0.15, 0.2) is 0 Å².